The molecular formula is C17H21N3O4S. The molecule has 0 radical (unpaired) electrons. The first-order valence-corrected chi connectivity index (χ1v) is 9.16. The lowest BCUT2D eigenvalue weighted by Crippen LogP contribution is -2.44. The molecule has 134 valence electrons. The molecule has 1 saturated heterocycles. The highest BCUT2D eigenvalue weighted by Crippen LogP contribution is 2.32. The number of carbonyl (C=O) groups excluding carboxylic acids is 1. The summed E-state index contributed by atoms with van der Waals surface area (Å²) >= 11 is 1.27. The van der Waals surface area contributed by atoms with Crippen LogP contribution in [0.25, 0.3) is 11.5 Å². The molecule has 1 unspecified atom stereocenters. The number of carbonyl (C=O) groups is 1. The van der Waals surface area contributed by atoms with Crippen LogP contribution in [0.15, 0.2) is 33.9 Å². The lowest BCUT2D eigenvalue weighted by Gasteiger charge is -2.28. The number of ether oxygens (including phenoxy) is 2. The van der Waals surface area contributed by atoms with E-state index in [9.17, 15) is 4.79 Å². The molecule has 1 atom stereocenters. The number of benzene rings is 1. The van der Waals surface area contributed by atoms with Gasteiger partial charge >= 0.3 is 0 Å². The van der Waals surface area contributed by atoms with Crippen LogP contribution in [-0.2, 0) is 9.53 Å². The normalized spacial score (nSPS) is 15.8. The van der Waals surface area contributed by atoms with E-state index in [2.05, 4.69) is 10.2 Å². The van der Waals surface area contributed by atoms with Gasteiger partial charge in [-0.3, -0.25) is 4.79 Å². The number of rotatable bonds is 6. The maximum absolute atomic E-state index is 12.5. The van der Waals surface area contributed by atoms with Gasteiger partial charge in [-0.2, -0.15) is 0 Å². The van der Waals surface area contributed by atoms with Crippen LogP contribution in [0.1, 0.15) is 13.8 Å². The minimum Gasteiger partial charge on any atom is -0.493 e. The Morgan fingerprint density at radius 3 is 2.84 bits per heavy atom. The third kappa shape index (κ3) is 4.32. The van der Waals surface area contributed by atoms with Crippen LogP contribution in [0.4, 0.5) is 0 Å². The highest BCUT2D eigenvalue weighted by Gasteiger charge is 2.25. The van der Waals surface area contributed by atoms with Crippen molar-refractivity contribution in [2.24, 2.45) is 0 Å². The van der Waals surface area contributed by atoms with Crippen LogP contribution >= 0.6 is 11.8 Å². The zero-order chi connectivity index (χ0) is 17.6. The zero-order valence-electron chi connectivity index (χ0n) is 14.3. The average molecular weight is 363 g/mol. The van der Waals surface area contributed by atoms with Crippen LogP contribution in [0.3, 0.4) is 0 Å². The van der Waals surface area contributed by atoms with Crippen molar-refractivity contribution in [3.8, 4) is 17.2 Å². The van der Waals surface area contributed by atoms with Gasteiger partial charge in [-0.15, -0.1) is 10.2 Å². The summed E-state index contributed by atoms with van der Waals surface area (Å²) in [6.45, 7) is 6.74. The number of amides is 1. The predicted molar refractivity (Wildman–Crippen MR) is 93.6 cm³/mol. The van der Waals surface area contributed by atoms with Crippen molar-refractivity contribution in [2.75, 3.05) is 32.9 Å². The molecule has 3 rings (SSSR count). The number of aromatic nitrogens is 2. The number of nitrogens with zero attached hydrogens (tertiary/aromatic N) is 3. The van der Waals surface area contributed by atoms with Gasteiger partial charge in [0.1, 0.15) is 5.75 Å². The van der Waals surface area contributed by atoms with E-state index in [0.717, 1.165) is 5.56 Å². The Morgan fingerprint density at radius 2 is 2.08 bits per heavy atom. The standard InChI is InChI=1S/C17H21N3O4S/c1-3-23-14-7-5-4-6-13(14)15-18-19-17(24-15)25-12(2)16(21)20-8-10-22-11-9-20/h4-7,12H,3,8-11H2,1-2H3. The number of para-hydroxylation sites is 1. The van der Waals surface area contributed by atoms with Gasteiger partial charge in [-0.05, 0) is 26.0 Å². The SMILES string of the molecule is CCOc1ccccc1-c1nnc(SC(C)C(=O)N2CCOCC2)o1. The number of hydrogen-bond acceptors (Lipinski definition) is 7. The highest BCUT2D eigenvalue weighted by atomic mass is 32.2. The molecule has 1 aromatic carbocycles. The molecule has 0 saturated carbocycles. The second-order valence-corrected chi connectivity index (χ2v) is 6.79. The Morgan fingerprint density at radius 1 is 1.32 bits per heavy atom. The van der Waals surface area contributed by atoms with E-state index >= 15 is 0 Å². The van der Waals surface area contributed by atoms with E-state index in [1.54, 1.807) is 0 Å². The molecule has 1 fully saturated rings. The summed E-state index contributed by atoms with van der Waals surface area (Å²) < 4.78 is 16.6. The fraction of sp³-hybridized carbons (Fsp3) is 0.471. The molecule has 2 aromatic rings. The van der Waals surface area contributed by atoms with Crippen molar-refractivity contribution < 1.29 is 18.7 Å². The maximum Gasteiger partial charge on any atom is 0.277 e. The van der Waals surface area contributed by atoms with Gasteiger partial charge in [-0.1, -0.05) is 23.9 Å². The monoisotopic (exact) mass is 363 g/mol. The summed E-state index contributed by atoms with van der Waals surface area (Å²) in [7, 11) is 0. The Hall–Kier alpha value is -2.06. The molecule has 1 aliphatic rings. The van der Waals surface area contributed by atoms with Crippen molar-refractivity contribution in [2.45, 2.75) is 24.3 Å². The zero-order valence-corrected chi connectivity index (χ0v) is 15.1. The number of morpholine rings is 1. The lowest BCUT2D eigenvalue weighted by molar-refractivity contribution is -0.134. The van der Waals surface area contributed by atoms with Crippen molar-refractivity contribution >= 4 is 17.7 Å². The minimum atomic E-state index is -0.298. The summed E-state index contributed by atoms with van der Waals surface area (Å²) in [4.78, 5) is 14.3. The summed E-state index contributed by atoms with van der Waals surface area (Å²) in [5.74, 6) is 1.14. The minimum absolute atomic E-state index is 0.0581. The Labute approximate surface area is 150 Å². The molecule has 0 spiro atoms. The van der Waals surface area contributed by atoms with Crippen LogP contribution in [0, 0.1) is 0 Å². The summed E-state index contributed by atoms with van der Waals surface area (Å²) in [5.41, 5.74) is 0.746. The van der Waals surface area contributed by atoms with Gasteiger partial charge < -0.3 is 18.8 Å². The topological polar surface area (TPSA) is 77.7 Å². The summed E-state index contributed by atoms with van der Waals surface area (Å²) in [6.07, 6.45) is 0. The third-order valence-electron chi connectivity index (χ3n) is 3.77. The molecule has 8 heteroatoms. The predicted octanol–water partition coefficient (Wildman–Crippen LogP) is 2.47. The number of hydrogen-bond donors (Lipinski definition) is 0. The van der Waals surface area contributed by atoms with E-state index in [0.29, 0.717) is 49.8 Å². The first-order valence-electron chi connectivity index (χ1n) is 8.28. The van der Waals surface area contributed by atoms with Crippen LogP contribution in [-0.4, -0.2) is 59.2 Å². The molecular weight excluding hydrogens is 342 g/mol. The van der Waals surface area contributed by atoms with Crippen molar-refractivity contribution in [3.05, 3.63) is 24.3 Å². The van der Waals surface area contributed by atoms with Gasteiger partial charge in [0.25, 0.3) is 11.1 Å². The fourth-order valence-electron chi connectivity index (χ4n) is 2.53. The molecule has 0 bridgehead atoms. The highest BCUT2D eigenvalue weighted by molar-refractivity contribution is 8.00. The van der Waals surface area contributed by atoms with Crippen LogP contribution < -0.4 is 4.74 Å². The Bertz CT molecular complexity index is 715. The second kappa shape index (κ2) is 8.35. The Kier molecular flexibility index (Phi) is 5.93. The first-order chi connectivity index (χ1) is 12.2. The van der Waals surface area contributed by atoms with Gasteiger partial charge in [0.2, 0.25) is 5.91 Å². The molecule has 0 N–H and O–H groups in total. The van der Waals surface area contributed by atoms with E-state index < -0.39 is 0 Å². The van der Waals surface area contributed by atoms with E-state index in [1.165, 1.54) is 11.8 Å². The van der Waals surface area contributed by atoms with E-state index in [-0.39, 0.29) is 11.2 Å². The molecule has 1 amide bonds. The van der Waals surface area contributed by atoms with Crippen molar-refractivity contribution in [1.82, 2.24) is 15.1 Å². The van der Waals surface area contributed by atoms with Crippen molar-refractivity contribution in [3.63, 3.8) is 0 Å². The smallest absolute Gasteiger partial charge is 0.277 e. The second-order valence-electron chi connectivity index (χ2n) is 5.50. The summed E-state index contributed by atoms with van der Waals surface area (Å²) in [6, 6.07) is 7.51. The van der Waals surface area contributed by atoms with Gasteiger partial charge in [-0.25, -0.2) is 0 Å². The molecule has 1 aliphatic heterocycles. The van der Waals surface area contributed by atoms with Gasteiger partial charge in [0.15, 0.2) is 0 Å². The van der Waals surface area contributed by atoms with Crippen LogP contribution in [0.2, 0.25) is 0 Å². The van der Waals surface area contributed by atoms with E-state index in [4.69, 9.17) is 13.9 Å². The molecule has 0 aliphatic carbocycles. The first kappa shape index (κ1) is 17.8. The van der Waals surface area contributed by atoms with Crippen molar-refractivity contribution in [1.29, 1.82) is 0 Å². The summed E-state index contributed by atoms with van der Waals surface area (Å²) in [5, 5.41) is 8.22. The van der Waals surface area contributed by atoms with Crippen LogP contribution in [0.5, 0.6) is 5.75 Å². The molecule has 7 nitrogen and oxygen atoms in total. The Balaban J connectivity index is 1.68. The average Bonchev–Trinajstić information content (AvgIpc) is 3.11. The number of thioether (sulfide) groups is 1. The lowest BCUT2D eigenvalue weighted by atomic mass is 10.2. The third-order valence-corrected chi connectivity index (χ3v) is 4.69. The largest absolute Gasteiger partial charge is 0.493 e. The fourth-order valence-corrected chi connectivity index (χ4v) is 3.30. The molecule has 25 heavy (non-hydrogen) atoms. The maximum atomic E-state index is 12.5. The van der Waals surface area contributed by atoms with Gasteiger partial charge in [0, 0.05) is 13.1 Å². The molecule has 2 heterocycles. The quantitative estimate of drug-likeness (QED) is 0.730. The van der Waals surface area contributed by atoms with Gasteiger partial charge in [0.05, 0.1) is 30.6 Å². The molecule has 1 aromatic heterocycles. The van der Waals surface area contributed by atoms with E-state index in [1.807, 2.05) is 43.0 Å².